The highest BCUT2D eigenvalue weighted by Crippen LogP contribution is 2.34. The molecular weight excluding hydrogens is 304 g/mol. The van der Waals surface area contributed by atoms with Crippen LogP contribution in [-0.2, 0) is 11.3 Å². The lowest BCUT2D eigenvalue weighted by Gasteiger charge is -2.28. The maximum absolute atomic E-state index is 12.4. The van der Waals surface area contributed by atoms with Crippen LogP contribution in [0.5, 0.6) is 0 Å². The largest absolute Gasteiger partial charge is 0.476 e. The summed E-state index contributed by atoms with van der Waals surface area (Å²) in [5.41, 5.74) is -0.502. The predicted octanol–water partition coefficient (Wildman–Crippen LogP) is 1.04. The molecule has 23 heavy (non-hydrogen) atoms. The summed E-state index contributed by atoms with van der Waals surface area (Å²) >= 11 is 0. The van der Waals surface area contributed by atoms with E-state index in [4.69, 9.17) is 9.84 Å². The van der Waals surface area contributed by atoms with Gasteiger partial charge in [0.2, 0.25) is 0 Å². The van der Waals surface area contributed by atoms with Gasteiger partial charge in [0, 0.05) is 6.54 Å². The maximum Gasteiger partial charge on any atom is 0.410 e. The van der Waals surface area contributed by atoms with Gasteiger partial charge in [-0.1, -0.05) is 5.21 Å². The van der Waals surface area contributed by atoms with E-state index < -0.39 is 23.7 Å². The van der Waals surface area contributed by atoms with E-state index in [2.05, 4.69) is 10.3 Å². The number of aromatic nitrogens is 3. The van der Waals surface area contributed by atoms with Crippen molar-refractivity contribution in [2.75, 3.05) is 13.2 Å². The molecule has 9 nitrogen and oxygen atoms in total. The summed E-state index contributed by atoms with van der Waals surface area (Å²) in [4.78, 5) is 25.3. The summed E-state index contributed by atoms with van der Waals surface area (Å²) in [6.45, 7) is 5.72. The number of ether oxygens (including phenoxy) is 1. The molecule has 1 saturated heterocycles. The average molecular weight is 326 g/mol. The minimum atomic E-state index is -1.21. The average Bonchev–Trinajstić information content (AvgIpc) is 3.02. The summed E-state index contributed by atoms with van der Waals surface area (Å²) in [7, 11) is 0. The molecule has 2 heterocycles. The van der Waals surface area contributed by atoms with Crippen LogP contribution < -0.4 is 0 Å². The highest BCUT2D eigenvalue weighted by Gasteiger charge is 2.38. The predicted molar refractivity (Wildman–Crippen MR) is 79.0 cm³/mol. The Hall–Kier alpha value is -2.16. The zero-order valence-corrected chi connectivity index (χ0v) is 13.5. The molecule has 1 aliphatic heterocycles. The van der Waals surface area contributed by atoms with E-state index in [-0.39, 0.29) is 18.8 Å². The van der Waals surface area contributed by atoms with Crippen molar-refractivity contribution in [1.29, 1.82) is 0 Å². The summed E-state index contributed by atoms with van der Waals surface area (Å²) in [5, 5.41) is 25.9. The Labute approximate surface area is 133 Å². The van der Waals surface area contributed by atoms with Crippen molar-refractivity contribution in [1.82, 2.24) is 19.9 Å². The number of carboxylic acids is 1. The third-order valence-corrected chi connectivity index (χ3v) is 3.48. The van der Waals surface area contributed by atoms with E-state index in [1.54, 1.807) is 20.8 Å². The molecule has 2 N–H and O–H groups in total. The number of rotatable bonds is 4. The highest BCUT2D eigenvalue weighted by molar-refractivity contribution is 5.87. The maximum atomic E-state index is 12.4. The number of hydrogen-bond acceptors (Lipinski definition) is 6. The van der Waals surface area contributed by atoms with E-state index in [0.29, 0.717) is 18.7 Å². The number of nitrogens with zero attached hydrogens (tertiary/aromatic N) is 4. The SMILES string of the molecule is CC(C)(C)OC(=O)N1CCCC1c1c(C(=O)O)nnn1CCO. The Morgan fingerprint density at radius 2 is 2.09 bits per heavy atom. The molecule has 1 unspecified atom stereocenters. The molecule has 9 heteroatoms. The first-order chi connectivity index (χ1) is 10.7. The topological polar surface area (TPSA) is 118 Å². The van der Waals surface area contributed by atoms with Gasteiger partial charge < -0.3 is 14.9 Å². The molecule has 1 amide bonds. The van der Waals surface area contributed by atoms with Crippen LogP contribution in [0.15, 0.2) is 0 Å². The Bertz CT molecular complexity index is 592. The highest BCUT2D eigenvalue weighted by atomic mass is 16.6. The summed E-state index contributed by atoms with van der Waals surface area (Å²) in [6.07, 6.45) is 0.832. The lowest BCUT2D eigenvalue weighted by atomic mass is 10.1. The minimum Gasteiger partial charge on any atom is -0.476 e. The van der Waals surface area contributed by atoms with E-state index in [1.807, 2.05) is 0 Å². The van der Waals surface area contributed by atoms with Gasteiger partial charge in [0.1, 0.15) is 5.60 Å². The van der Waals surface area contributed by atoms with Crippen LogP contribution in [0, 0.1) is 0 Å². The third kappa shape index (κ3) is 3.79. The number of aromatic carboxylic acids is 1. The van der Waals surface area contributed by atoms with Crippen molar-refractivity contribution in [3.05, 3.63) is 11.4 Å². The normalized spacial score (nSPS) is 18.3. The van der Waals surface area contributed by atoms with Crippen LogP contribution in [0.1, 0.15) is 55.8 Å². The molecule has 0 saturated carbocycles. The van der Waals surface area contributed by atoms with Gasteiger partial charge in [0.05, 0.1) is 24.9 Å². The van der Waals surface area contributed by atoms with Gasteiger partial charge >= 0.3 is 12.1 Å². The second kappa shape index (κ2) is 6.53. The van der Waals surface area contributed by atoms with Gasteiger partial charge in [-0.2, -0.15) is 0 Å². The van der Waals surface area contributed by atoms with E-state index in [9.17, 15) is 14.7 Å². The van der Waals surface area contributed by atoms with E-state index in [0.717, 1.165) is 6.42 Å². The Kier molecular flexibility index (Phi) is 4.88. The minimum absolute atomic E-state index is 0.119. The van der Waals surface area contributed by atoms with Crippen LogP contribution in [-0.4, -0.2) is 60.9 Å². The standard InChI is InChI=1S/C14H22N4O5/c1-14(2,3)23-13(22)17-6-4-5-9(17)11-10(12(20)21)15-16-18(11)7-8-19/h9,19H,4-8H2,1-3H3,(H,20,21). The van der Waals surface area contributed by atoms with Crippen LogP contribution in [0.2, 0.25) is 0 Å². The fraction of sp³-hybridized carbons (Fsp3) is 0.714. The van der Waals surface area contributed by atoms with Gasteiger partial charge in [0.15, 0.2) is 5.69 Å². The van der Waals surface area contributed by atoms with E-state index >= 15 is 0 Å². The van der Waals surface area contributed by atoms with Crippen molar-refractivity contribution in [2.45, 2.75) is 51.8 Å². The number of hydrogen-bond donors (Lipinski definition) is 2. The summed E-state index contributed by atoms with van der Waals surface area (Å²) in [6, 6.07) is -0.475. The molecule has 1 aromatic heterocycles. The smallest absolute Gasteiger partial charge is 0.410 e. The van der Waals surface area contributed by atoms with Crippen molar-refractivity contribution >= 4 is 12.1 Å². The molecule has 2 rings (SSSR count). The summed E-state index contributed by atoms with van der Waals surface area (Å²) in [5.74, 6) is -1.21. The fourth-order valence-corrected chi connectivity index (χ4v) is 2.65. The Morgan fingerprint density at radius 1 is 1.39 bits per heavy atom. The second-order valence-corrected chi connectivity index (χ2v) is 6.41. The molecule has 1 fully saturated rings. The monoisotopic (exact) mass is 326 g/mol. The molecule has 0 bridgehead atoms. The van der Waals surface area contributed by atoms with Crippen LogP contribution in [0.4, 0.5) is 4.79 Å². The molecule has 1 atom stereocenters. The molecule has 1 aliphatic rings. The van der Waals surface area contributed by atoms with Crippen LogP contribution in [0.25, 0.3) is 0 Å². The zero-order chi connectivity index (χ0) is 17.2. The first kappa shape index (κ1) is 17.2. The van der Waals surface area contributed by atoms with Gasteiger partial charge in [-0.3, -0.25) is 4.90 Å². The van der Waals surface area contributed by atoms with Gasteiger partial charge in [-0.05, 0) is 33.6 Å². The second-order valence-electron chi connectivity index (χ2n) is 6.41. The van der Waals surface area contributed by atoms with Crippen LogP contribution >= 0.6 is 0 Å². The third-order valence-electron chi connectivity index (χ3n) is 3.48. The summed E-state index contributed by atoms with van der Waals surface area (Å²) < 4.78 is 6.73. The zero-order valence-electron chi connectivity index (χ0n) is 13.5. The number of likely N-dealkylation sites (tertiary alicyclic amines) is 1. The first-order valence-electron chi connectivity index (χ1n) is 7.51. The quantitative estimate of drug-likeness (QED) is 0.848. The van der Waals surface area contributed by atoms with E-state index in [1.165, 1.54) is 9.58 Å². The number of amides is 1. The van der Waals surface area contributed by atoms with Gasteiger partial charge in [-0.15, -0.1) is 5.10 Å². The van der Waals surface area contributed by atoms with Crippen molar-refractivity contribution in [2.24, 2.45) is 0 Å². The molecular formula is C14H22N4O5. The lowest BCUT2D eigenvalue weighted by molar-refractivity contribution is 0.0215. The lowest BCUT2D eigenvalue weighted by Crippen LogP contribution is -2.37. The van der Waals surface area contributed by atoms with Gasteiger partial charge in [0.25, 0.3) is 0 Å². The number of carboxylic acid groups (broad SMARTS) is 1. The van der Waals surface area contributed by atoms with Crippen molar-refractivity contribution in [3.63, 3.8) is 0 Å². The Morgan fingerprint density at radius 3 is 2.65 bits per heavy atom. The van der Waals surface area contributed by atoms with Gasteiger partial charge in [-0.25, -0.2) is 14.3 Å². The van der Waals surface area contributed by atoms with Crippen molar-refractivity contribution < 1.29 is 24.5 Å². The Balaban J connectivity index is 2.34. The molecule has 0 spiro atoms. The molecule has 0 aromatic carbocycles. The number of carbonyl (C=O) groups excluding carboxylic acids is 1. The first-order valence-corrected chi connectivity index (χ1v) is 7.51. The number of aliphatic hydroxyl groups is 1. The molecule has 1 aromatic rings. The molecule has 128 valence electrons. The fourth-order valence-electron chi connectivity index (χ4n) is 2.65. The molecule has 0 radical (unpaired) electrons. The number of aliphatic hydroxyl groups excluding tert-OH is 1. The number of carbonyl (C=O) groups is 2. The molecule has 0 aliphatic carbocycles. The van der Waals surface area contributed by atoms with Crippen LogP contribution in [0.3, 0.4) is 0 Å². The van der Waals surface area contributed by atoms with Crippen molar-refractivity contribution in [3.8, 4) is 0 Å².